The second-order valence-corrected chi connectivity index (χ2v) is 6.67. The molecule has 0 amide bonds. The van der Waals surface area contributed by atoms with Crippen molar-refractivity contribution in [1.29, 1.82) is 0 Å². The van der Waals surface area contributed by atoms with Gasteiger partial charge in [0.2, 0.25) is 0 Å². The van der Waals surface area contributed by atoms with E-state index in [1.54, 1.807) is 0 Å². The molecule has 4 nitrogen and oxygen atoms in total. The van der Waals surface area contributed by atoms with E-state index in [4.69, 9.17) is 9.15 Å². The molecule has 1 aliphatic rings. The maximum atomic E-state index is 5.90. The Bertz CT molecular complexity index is 601. The van der Waals surface area contributed by atoms with Gasteiger partial charge in [-0.15, -0.1) is 24.8 Å². The molecule has 140 valence electrons. The first kappa shape index (κ1) is 22.5. The van der Waals surface area contributed by atoms with Crippen LogP contribution < -0.4 is 5.32 Å². The van der Waals surface area contributed by atoms with Crippen LogP contribution in [-0.2, 0) is 11.3 Å². The zero-order valence-electron chi connectivity index (χ0n) is 14.1. The summed E-state index contributed by atoms with van der Waals surface area (Å²) in [7, 11) is 0. The highest BCUT2D eigenvalue weighted by atomic mass is 79.9. The Kier molecular flexibility index (Phi) is 10.7. The molecule has 0 unspecified atom stereocenters. The highest BCUT2D eigenvalue weighted by Gasteiger charge is 2.09. The highest BCUT2D eigenvalue weighted by Crippen LogP contribution is 2.23. The molecule has 0 bridgehead atoms. The third kappa shape index (κ3) is 7.29. The molecular weight excluding hydrogens is 427 g/mol. The molecule has 1 N–H and O–H groups in total. The van der Waals surface area contributed by atoms with Crippen LogP contribution >= 0.6 is 40.7 Å². The van der Waals surface area contributed by atoms with E-state index in [1.165, 1.54) is 0 Å². The van der Waals surface area contributed by atoms with Crippen LogP contribution in [0, 0.1) is 0 Å². The van der Waals surface area contributed by atoms with Gasteiger partial charge in [-0.1, -0.05) is 28.1 Å². The van der Waals surface area contributed by atoms with Gasteiger partial charge < -0.3 is 14.5 Å². The molecule has 1 aliphatic heterocycles. The Morgan fingerprint density at radius 1 is 1.00 bits per heavy atom. The summed E-state index contributed by atoms with van der Waals surface area (Å²) in [6, 6.07) is 12.3. The van der Waals surface area contributed by atoms with E-state index in [9.17, 15) is 0 Å². The minimum Gasteiger partial charge on any atom is -0.460 e. The monoisotopic (exact) mass is 450 g/mol. The first-order valence-electron chi connectivity index (χ1n) is 8.17. The molecule has 2 heterocycles. The van der Waals surface area contributed by atoms with Crippen LogP contribution in [0.5, 0.6) is 0 Å². The largest absolute Gasteiger partial charge is 0.460 e. The van der Waals surface area contributed by atoms with Gasteiger partial charge in [-0.05, 0) is 43.8 Å². The quantitative estimate of drug-likeness (QED) is 0.634. The van der Waals surface area contributed by atoms with Crippen molar-refractivity contribution in [3.63, 3.8) is 0 Å². The van der Waals surface area contributed by atoms with Crippen LogP contribution in [0.3, 0.4) is 0 Å². The van der Waals surface area contributed by atoms with Crippen molar-refractivity contribution in [2.24, 2.45) is 0 Å². The molecule has 1 fully saturated rings. The molecule has 7 heteroatoms. The smallest absolute Gasteiger partial charge is 0.134 e. The minimum absolute atomic E-state index is 0. The second-order valence-electron chi connectivity index (χ2n) is 5.76. The van der Waals surface area contributed by atoms with E-state index in [-0.39, 0.29) is 24.8 Å². The summed E-state index contributed by atoms with van der Waals surface area (Å²) in [5.41, 5.74) is 1.10. The molecule has 0 radical (unpaired) electrons. The third-order valence-corrected chi connectivity index (χ3v) is 4.55. The van der Waals surface area contributed by atoms with Gasteiger partial charge in [0.15, 0.2) is 0 Å². The molecule has 1 saturated heterocycles. The van der Waals surface area contributed by atoms with Crippen molar-refractivity contribution >= 4 is 40.7 Å². The zero-order valence-corrected chi connectivity index (χ0v) is 17.3. The number of morpholine rings is 1. The Labute approximate surface area is 170 Å². The number of ether oxygens (including phenoxy) is 1. The number of rotatable bonds is 7. The summed E-state index contributed by atoms with van der Waals surface area (Å²) in [4.78, 5) is 2.46. The van der Waals surface area contributed by atoms with Crippen molar-refractivity contribution in [1.82, 2.24) is 10.2 Å². The lowest BCUT2D eigenvalue weighted by Gasteiger charge is -2.26. The van der Waals surface area contributed by atoms with Gasteiger partial charge in [0.1, 0.15) is 11.5 Å². The second kappa shape index (κ2) is 11.9. The van der Waals surface area contributed by atoms with Crippen LogP contribution in [0.15, 0.2) is 45.3 Å². The van der Waals surface area contributed by atoms with E-state index in [1.807, 2.05) is 24.3 Å². The molecule has 0 saturated carbocycles. The van der Waals surface area contributed by atoms with E-state index >= 15 is 0 Å². The summed E-state index contributed by atoms with van der Waals surface area (Å²) < 4.78 is 12.3. The number of halogens is 3. The van der Waals surface area contributed by atoms with Gasteiger partial charge in [-0.3, -0.25) is 4.90 Å². The lowest BCUT2D eigenvalue weighted by atomic mass is 10.2. The summed E-state index contributed by atoms with van der Waals surface area (Å²) in [6.45, 7) is 6.80. The van der Waals surface area contributed by atoms with Crippen molar-refractivity contribution < 1.29 is 9.15 Å². The van der Waals surface area contributed by atoms with Crippen LogP contribution in [0.1, 0.15) is 12.2 Å². The van der Waals surface area contributed by atoms with E-state index in [2.05, 4.69) is 38.3 Å². The summed E-state index contributed by atoms with van der Waals surface area (Å²) in [5.74, 6) is 1.90. The fraction of sp³-hybridized carbons (Fsp3) is 0.444. The molecule has 0 spiro atoms. The molecule has 0 aliphatic carbocycles. The van der Waals surface area contributed by atoms with Crippen molar-refractivity contribution in [3.8, 4) is 11.3 Å². The number of benzene rings is 1. The topological polar surface area (TPSA) is 37.6 Å². The Hall–Kier alpha value is -0.560. The normalized spacial score (nSPS) is 14.6. The van der Waals surface area contributed by atoms with Crippen LogP contribution in [-0.4, -0.2) is 44.3 Å². The maximum Gasteiger partial charge on any atom is 0.134 e. The highest BCUT2D eigenvalue weighted by molar-refractivity contribution is 9.10. The van der Waals surface area contributed by atoms with Crippen molar-refractivity contribution in [3.05, 3.63) is 46.6 Å². The minimum atomic E-state index is 0. The predicted molar refractivity (Wildman–Crippen MR) is 110 cm³/mol. The average Bonchev–Trinajstić information content (AvgIpc) is 3.05. The molecule has 3 rings (SSSR count). The van der Waals surface area contributed by atoms with Gasteiger partial charge in [0.05, 0.1) is 19.8 Å². The van der Waals surface area contributed by atoms with E-state index < -0.39 is 0 Å². The summed E-state index contributed by atoms with van der Waals surface area (Å²) in [5, 5.41) is 3.46. The Morgan fingerprint density at radius 3 is 2.44 bits per heavy atom. The molecule has 0 atom stereocenters. The van der Waals surface area contributed by atoms with Gasteiger partial charge >= 0.3 is 0 Å². The van der Waals surface area contributed by atoms with Crippen molar-refractivity contribution in [2.45, 2.75) is 13.0 Å². The van der Waals surface area contributed by atoms with Crippen LogP contribution in [0.4, 0.5) is 0 Å². The average molecular weight is 452 g/mol. The van der Waals surface area contributed by atoms with E-state index in [0.29, 0.717) is 0 Å². The van der Waals surface area contributed by atoms with Gasteiger partial charge in [0, 0.05) is 23.1 Å². The van der Waals surface area contributed by atoms with Crippen molar-refractivity contribution in [2.75, 3.05) is 39.4 Å². The maximum absolute atomic E-state index is 5.90. The lowest BCUT2D eigenvalue weighted by Crippen LogP contribution is -2.37. The summed E-state index contributed by atoms with van der Waals surface area (Å²) >= 11 is 3.45. The Balaban J connectivity index is 0.00000156. The van der Waals surface area contributed by atoms with Gasteiger partial charge in [-0.25, -0.2) is 0 Å². The fourth-order valence-electron chi connectivity index (χ4n) is 2.71. The molecule has 1 aromatic heterocycles. The third-order valence-electron chi connectivity index (χ3n) is 4.02. The number of furan rings is 1. The number of nitrogens with zero attached hydrogens (tertiary/aromatic N) is 1. The number of nitrogens with one attached hydrogen (secondary N) is 1. The standard InChI is InChI=1S/C18H23BrN2O2.2ClH/c19-16-4-2-15(3-5-16)18-7-6-17(23-18)14-20-8-1-9-21-10-12-22-13-11-21;;/h2-7,20H,1,8-14H2;2*1H. The lowest BCUT2D eigenvalue weighted by molar-refractivity contribution is 0.0374. The van der Waals surface area contributed by atoms with Crippen LogP contribution in [0.25, 0.3) is 11.3 Å². The van der Waals surface area contributed by atoms with Crippen LogP contribution in [0.2, 0.25) is 0 Å². The first-order valence-corrected chi connectivity index (χ1v) is 8.96. The SMILES string of the molecule is Brc1ccc(-c2ccc(CNCCCN3CCOCC3)o2)cc1.Cl.Cl. The molecule has 2 aromatic rings. The molecule has 25 heavy (non-hydrogen) atoms. The Morgan fingerprint density at radius 2 is 1.72 bits per heavy atom. The summed E-state index contributed by atoms with van der Waals surface area (Å²) in [6.07, 6.45) is 1.15. The predicted octanol–water partition coefficient (Wildman–Crippen LogP) is 4.36. The van der Waals surface area contributed by atoms with Gasteiger partial charge in [0.25, 0.3) is 0 Å². The molecule has 1 aromatic carbocycles. The zero-order chi connectivity index (χ0) is 15.9. The number of hydrogen-bond acceptors (Lipinski definition) is 4. The number of hydrogen-bond donors (Lipinski definition) is 1. The van der Waals surface area contributed by atoms with Gasteiger partial charge in [-0.2, -0.15) is 0 Å². The fourth-order valence-corrected chi connectivity index (χ4v) is 2.97. The first-order chi connectivity index (χ1) is 11.3. The molecular formula is C18H25BrCl2N2O2. The van der Waals surface area contributed by atoms with E-state index in [0.717, 1.165) is 73.9 Å².